The highest BCUT2D eigenvalue weighted by Gasteiger charge is 2.38. The Labute approximate surface area is 146 Å². The number of aromatic nitrogens is 1. The third-order valence-electron chi connectivity index (χ3n) is 4.71. The van der Waals surface area contributed by atoms with Gasteiger partial charge in [0.1, 0.15) is 5.75 Å². The highest BCUT2D eigenvalue weighted by molar-refractivity contribution is 5.94. The fourth-order valence-corrected chi connectivity index (χ4v) is 3.37. The molecule has 1 aromatic heterocycles. The molecule has 8 nitrogen and oxygen atoms in total. The van der Waals surface area contributed by atoms with Crippen LogP contribution >= 0.6 is 0 Å². The summed E-state index contributed by atoms with van der Waals surface area (Å²) in [5.74, 6) is -0.212. The average Bonchev–Trinajstić information content (AvgIpc) is 2.96. The smallest absolute Gasteiger partial charge is 0.253 e. The molecule has 2 amide bonds. The number of rotatable bonds is 4. The van der Waals surface area contributed by atoms with Gasteiger partial charge in [0.2, 0.25) is 5.91 Å². The zero-order valence-electron chi connectivity index (χ0n) is 14.5. The molecule has 3 heterocycles. The minimum atomic E-state index is -0.242. The van der Waals surface area contributed by atoms with Gasteiger partial charge in [-0.1, -0.05) is 0 Å². The second kappa shape index (κ2) is 7.37. The molecule has 0 unspecified atom stereocenters. The topological polar surface area (TPSA) is 95.0 Å². The quantitative estimate of drug-likeness (QED) is 0.785. The van der Waals surface area contributed by atoms with Gasteiger partial charge >= 0.3 is 0 Å². The van der Waals surface area contributed by atoms with E-state index in [1.54, 1.807) is 19.0 Å². The van der Waals surface area contributed by atoms with Crippen LogP contribution in [0.25, 0.3) is 0 Å². The van der Waals surface area contributed by atoms with Gasteiger partial charge in [-0.2, -0.15) is 0 Å². The Morgan fingerprint density at radius 1 is 1.40 bits per heavy atom. The molecule has 3 rings (SSSR count). The maximum Gasteiger partial charge on any atom is 0.253 e. The summed E-state index contributed by atoms with van der Waals surface area (Å²) < 4.78 is 5.82. The first kappa shape index (κ1) is 17.6. The van der Waals surface area contributed by atoms with Gasteiger partial charge in [-0.15, -0.1) is 0 Å². The number of carbonyl (C=O) groups excluding carboxylic acids is 2. The number of ether oxygens (including phenoxy) is 1. The molecule has 0 bridgehead atoms. The molecule has 0 saturated carbocycles. The van der Waals surface area contributed by atoms with Gasteiger partial charge < -0.3 is 20.1 Å². The Morgan fingerprint density at radius 2 is 2.20 bits per heavy atom. The molecule has 2 saturated heterocycles. The molecule has 136 valence electrons. The van der Waals surface area contributed by atoms with Crippen molar-refractivity contribution >= 4 is 11.8 Å². The second-order valence-electron chi connectivity index (χ2n) is 6.89. The lowest BCUT2D eigenvalue weighted by molar-refractivity contribution is -0.134. The van der Waals surface area contributed by atoms with Crippen LogP contribution in [0.2, 0.25) is 0 Å². The van der Waals surface area contributed by atoms with Crippen molar-refractivity contribution in [2.45, 2.75) is 31.0 Å². The molecule has 0 radical (unpaired) electrons. The predicted octanol–water partition coefficient (Wildman–Crippen LogP) is -0.163. The van der Waals surface area contributed by atoms with E-state index < -0.39 is 0 Å². The molecule has 2 N–H and O–H groups in total. The molecule has 2 aliphatic heterocycles. The summed E-state index contributed by atoms with van der Waals surface area (Å²) in [6, 6.07) is 1.68. The van der Waals surface area contributed by atoms with Crippen LogP contribution in [-0.2, 0) is 9.53 Å². The summed E-state index contributed by atoms with van der Waals surface area (Å²) >= 11 is 0. The van der Waals surface area contributed by atoms with Crippen LogP contribution in [0.5, 0.6) is 5.75 Å². The second-order valence-corrected chi connectivity index (χ2v) is 6.89. The molecule has 3 atom stereocenters. The molecular weight excluding hydrogens is 324 g/mol. The zero-order chi connectivity index (χ0) is 18.0. The summed E-state index contributed by atoms with van der Waals surface area (Å²) in [4.78, 5) is 31.8. The van der Waals surface area contributed by atoms with Gasteiger partial charge in [0, 0.05) is 45.5 Å². The number of pyridine rings is 1. The van der Waals surface area contributed by atoms with Crippen molar-refractivity contribution in [3.05, 3.63) is 24.0 Å². The molecule has 0 spiro atoms. The monoisotopic (exact) mass is 348 g/mol. The zero-order valence-corrected chi connectivity index (χ0v) is 14.5. The Kier molecular flexibility index (Phi) is 5.19. The van der Waals surface area contributed by atoms with Crippen molar-refractivity contribution in [3.63, 3.8) is 0 Å². The summed E-state index contributed by atoms with van der Waals surface area (Å²) in [7, 11) is 3.48. The predicted molar refractivity (Wildman–Crippen MR) is 90.2 cm³/mol. The maximum absolute atomic E-state index is 12.3. The van der Waals surface area contributed by atoms with Crippen LogP contribution in [0.1, 0.15) is 23.2 Å². The molecule has 0 aliphatic carbocycles. The minimum Gasteiger partial charge on any atom is -0.506 e. The summed E-state index contributed by atoms with van der Waals surface area (Å²) in [6.07, 6.45) is 3.81. The number of hydrogen-bond donors (Lipinski definition) is 2. The fraction of sp³-hybridized carbons (Fsp3) is 0.588. The van der Waals surface area contributed by atoms with Crippen LogP contribution in [0.3, 0.4) is 0 Å². The van der Waals surface area contributed by atoms with E-state index in [4.69, 9.17) is 4.74 Å². The first-order valence-corrected chi connectivity index (χ1v) is 8.43. The minimum absolute atomic E-state index is 0.0201. The number of nitrogens with one attached hydrogen (secondary N) is 1. The average molecular weight is 348 g/mol. The lowest BCUT2D eigenvalue weighted by atomic mass is 10.1. The van der Waals surface area contributed by atoms with E-state index >= 15 is 0 Å². The van der Waals surface area contributed by atoms with Gasteiger partial charge in [0.05, 0.1) is 30.9 Å². The third-order valence-corrected chi connectivity index (χ3v) is 4.71. The first-order valence-electron chi connectivity index (χ1n) is 8.43. The van der Waals surface area contributed by atoms with Crippen molar-refractivity contribution in [3.8, 4) is 5.75 Å². The number of amides is 2. The van der Waals surface area contributed by atoms with Gasteiger partial charge in [-0.3, -0.25) is 19.5 Å². The summed E-state index contributed by atoms with van der Waals surface area (Å²) in [5, 5.41) is 12.4. The summed E-state index contributed by atoms with van der Waals surface area (Å²) in [5.41, 5.74) is 0.343. The van der Waals surface area contributed by atoms with E-state index in [0.29, 0.717) is 25.1 Å². The van der Waals surface area contributed by atoms with Crippen LogP contribution in [-0.4, -0.2) is 83.7 Å². The number of hydrogen-bond acceptors (Lipinski definition) is 6. The van der Waals surface area contributed by atoms with E-state index in [9.17, 15) is 14.7 Å². The normalized spacial score (nSPS) is 26.1. The Morgan fingerprint density at radius 3 is 2.92 bits per heavy atom. The Bertz CT molecular complexity index is 651. The van der Waals surface area contributed by atoms with Crippen LogP contribution < -0.4 is 5.32 Å². The van der Waals surface area contributed by atoms with Gasteiger partial charge in [0.25, 0.3) is 5.91 Å². The molecule has 0 aromatic carbocycles. The first-order chi connectivity index (χ1) is 11.9. The molecule has 25 heavy (non-hydrogen) atoms. The lowest BCUT2D eigenvalue weighted by Gasteiger charge is -2.35. The molecule has 2 fully saturated rings. The van der Waals surface area contributed by atoms with Crippen molar-refractivity contribution in [1.29, 1.82) is 0 Å². The highest BCUT2D eigenvalue weighted by atomic mass is 16.5. The standard InChI is InChI=1S/C17H24N4O4/c1-20(2)16(23)5-15-9-21-8-12(4-13(21)10-25-15)19-17(24)11-3-14(22)7-18-6-11/h3,6-7,12-13,15,22H,4-5,8-10H2,1-2H3,(H,19,24)/t12-,13+,15+/m1/s1. The van der Waals surface area contributed by atoms with Crippen molar-refractivity contribution in [1.82, 2.24) is 20.1 Å². The fourth-order valence-electron chi connectivity index (χ4n) is 3.37. The van der Waals surface area contributed by atoms with Gasteiger partial charge in [-0.25, -0.2) is 0 Å². The van der Waals surface area contributed by atoms with Gasteiger partial charge in [0.15, 0.2) is 0 Å². The number of aromatic hydroxyl groups is 1. The number of morpholine rings is 1. The largest absolute Gasteiger partial charge is 0.506 e. The Balaban J connectivity index is 1.53. The van der Waals surface area contributed by atoms with E-state index in [1.165, 1.54) is 18.5 Å². The van der Waals surface area contributed by atoms with Crippen LogP contribution in [0.4, 0.5) is 0 Å². The van der Waals surface area contributed by atoms with Crippen LogP contribution in [0, 0.1) is 0 Å². The van der Waals surface area contributed by atoms with E-state index in [0.717, 1.165) is 13.0 Å². The van der Waals surface area contributed by atoms with Crippen molar-refractivity contribution < 1.29 is 19.4 Å². The summed E-state index contributed by atoms with van der Waals surface area (Å²) in [6.45, 7) is 2.01. The van der Waals surface area contributed by atoms with E-state index in [2.05, 4.69) is 15.2 Å². The van der Waals surface area contributed by atoms with Crippen LogP contribution in [0.15, 0.2) is 18.5 Å². The molecular formula is C17H24N4O4. The van der Waals surface area contributed by atoms with Gasteiger partial charge in [-0.05, 0) is 12.5 Å². The van der Waals surface area contributed by atoms with E-state index in [-0.39, 0.29) is 35.8 Å². The number of nitrogens with zero attached hydrogens (tertiary/aromatic N) is 3. The SMILES string of the molecule is CN(C)C(=O)C[C@H]1CN2C[C@H](NC(=O)c3cncc(O)c3)C[C@H]2CO1. The third kappa shape index (κ3) is 4.26. The van der Waals surface area contributed by atoms with Crippen molar-refractivity contribution in [2.75, 3.05) is 33.8 Å². The lowest BCUT2D eigenvalue weighted by Crippen LogP contribution is -2.47. The number of fused-ring (bicyclic) bond motifs is 1. The number of carbonyl (C=O) groups is 2. The molecule has 8 heteroatoms. The molecule has 2 aliphatic rings. The Hall–Kier alpha value is -2.19. The van der Waals surface area contributed by atoms with Crippen molar-refractivity contribution in [2.24, 2.45) is 0 Å². The van der Waals surface area contributed by atoms with E-state index in [1.807, 2.05) is 0 Å². The molecule has 1 aromatic rings. The maximum atomic E-state index is 12.3. The highest BCUT2D eigenvalue weighted by Crippen LogP contribution is 2.25.